The second kappa shape index (κ2) is 4.61. The van der Waals surface area contributed by atoms with Crippen LogP contribution < -0.4 is 5.11 Å². The SMILES string of the molecule is CC[N+](CC(=O)[O-])(C(C)C)C(C)C. The molecule has 0 heterocycles. The maximum absolute atomic E-state index is 10.7. The van der Waals surface area contributed by atoms with Crippen molar-refractivity contribution in [3.05, 3.63) is 0 Å². The minimum atomic E-state index is -0.954. The summed E-state index contributed by atoms with van der Waals surface area (Å²) in [5.74, 6) is -0.954. The minimum Gasteiger partial charge on any atom is -0.544 e. The zero-order chi connectivity index (χ0) is 10.6. The van der Waals surface area contributed by atoms with E-state index in [1.54, 1.807) is 0 Å². The van der Waals surface area contributed by atoms with Gasteiger partial charge in [-0.1, -0.05) is 0 Å². The summed E-state index contributed by atoms with van der Waals surface area (Å²) in [7, 11) is 0. The number of hydrogen-bond acceptors (Lipinski definition) is 2. The second-order valence-electron chi connectivity index (χ2n) is 4.14. The summed E-state index contributed by atoms with van der Waals surface area (Å²) in [6.45, 7) is 11.2. The Morgan fingerprint density at radius 1 is 1.23 bits per heavy atom. The predicted molar refractivity (Wildman–Crippen MR) is 50.9 cm³/mol. The third kappa shape index (κ3) is 2.69. The number of carboxylic acids is 1. The average molecular weight is 187 g/mol. The molecule has 0 amide bonds. The van der Waals surface area contributed by atoms with E-state index in [0.717, 1.165) is 6.54 Å². The van der Waals surface area contributed by atoms with E-state index in [0.29, 0.717) is 16.6 Å². The Morgan fingerprint density at radius 3 is 1.69 bits per heavy atom. The highest BCUT2D eigenvalue weighted by Crippen LogP contribution is 2.18. The van der Waals surface area contributed by atoms with E-state index in [1.165, 1.54) is 0 Å². The van der Waals surface area contributed by atoms with Gasteiger partial charge < -0.3 is 14.4 Å². The summed E-state index contributed by atoms with van der Waals surface area (Å²) in [4.78, 5) is 10.7. The van der Waals surface area contributed by atoms with Gasteiger partial charge in [-0.25, -0.2) is 0 Å². The van der Waals surface area contributed by atoms with Crippen molar-refractivity contribution < 1.29 is 14.4 Å². The number of hydrogen-bond donors (Lipinski definition) is 0. The fourth-order valence-electron chi connectivity index (χ4n) is 2.04. The number of carbonyl (C=O) groups is 1. The molecular weight excluding hydrogens is 166 g/mol. The number of carboxylic acid groups (broad SMARTS) is 1. The monoisotopic (exact) mass is 187 g/mol. The molecule has 78 valence electrons. The van der Waals surface area contributed by atoms with Gasteiger partial charge >= 0.3 is 0 Å². The minimum absolute atomic E-state index is 0.117. The summed E-state index contributed by atoms with van der Waals surface area (Å²) in [6, 6.07) is 0.644. The third-order valence-electron chi connectivity index (χ3n) is 3.07. The van der Waals surface area contributed by atoms with E-state index < -0.39 is 5.97 Å². The lowest BCUT2D eigenvalue weighted by Crippen LogP contribution is -2.61. The summed E-state index contributed by atoms with van der Waals surface area (Å²) in [5, 5.41) is 10.7. The van der Waals surface area contributed by atoms with Gasteiger partial charge in [-0.05, 0) is 34.6 Å². The van der Waals surface area contributed by atoms with Crippen molar-refractivity contribution in [3.63, 3.8) is 0 Å². The van der Waals surface area contributed by atoms with Gasteiger partial charge in [-0.2, -0.15) is 0 Å². The first-order valence-corrected chi connectivity index (χ1v) is 4.93. The Labute approximate surface area is 80.9 Å². The van der Waals surface area contributed by atoms with Gasteiger partial charge in [0.1, 0.15) is 6.54 Å². The second-order valence-corrected chi connectivity index (χ2v) is 4.14. The topological polar surface area (TPSA) is 40.1 Å². The maximum Gasteiger partial charge on any atom is 0.119 e. The molecule has 0 aromatic rings. The van der Waals surface area contributed by atoms with Crippen molar-refractivity contribution in [1.29, 1.82) is 0 Å². The van der Waals surface area contributed by atoms with Crippen LogP contribution in [0.4, 0.5) is 0 Å². The van der Waals surface area contributed by atoms with Gasteiger partial charge in [-0.15, -0.1) is 0 Å². The molecule has 0 aliphatic rings. The van der Waals surface area contributed by atoms with E-state index in [-0.39, 0.29) is 6.54 Å². The van der Waals surface area contributed by atoms with Crippen LogP contribution in [0.2, 0.25) is 0 Å². The number of nitrogens with zero attached hydrogens (tertiary/aromatic N) is 1. The molecule has 0 fully saturated rings. The lowest BCUT2D eigenvalue weighted by molar-refractivity contribution is -0.960. The quantitative estimate of drug-likeness (QED) is 0.584. The standard InChI is InChI=1S/C10H21NO2/c1-6-11(8(2)3,9(4)5)7-10(12)13/h8-9H,6-7H2,1-5H3. The first-order chi connectivity index (χ1) is 5.86. The summed E-state index contributed by atoms with van der Waals surface area (Å²) in [6.07, 6.45) is 0. The third-order valence-corrected chi connectivity index (χ3v) is 3.07. The predicted octanol–water partition coefficient (Wildman–Crippen LogP) is 0.390. The van der Waals surface area contributed by atoms with Crippen molar-refractivity contribution in [2.45, 2.75) is 46.7 Å². The van der Waals surface area contributed by atoms with E-state index in [1.807, 2.05) is 6.92 Å². The Morgan fingerprint density at radius 2 is 1.62 bits per heavy atom. The van der Waals surface area contributed by atoms with Crippen molar-refractivity contribution in [3.8, 4) is 0 Å². The molecule has 0 saturated heterocycles. The lowest BCUT2D eigenvalue weighted by Gasteiger charge is -2.45. The van der Waals surface area contributed by atoms with E-state index in [2.05, 4.69) is 27.7 Å². The normalized spacial score (nSPS) is 12.5. The molecule has 0 spiro atoms. The van der Waals surface area contributed by atoms with Crippen LogP contribution in [0.5, 0.6) is 0 Å². The maximum atomic E-state index is 10.7. The fourth-order valence-corrected chi connectivity index (χ4v) is 2.04. The molecule has 13 heavy (non-hydrogen) atoms. The smallest absolute Gasteiger partial charge is 0.119 e. The first kappa shape index (κ1) is 12.4. The highest BCUT2D eigenvalue weighted by Gasteiger charge is 2.32. The molecule has 0 radical (unpaired) electrons. The number of carbonyl (C=O) groups excluding carboxylic acids is 1. The zero-order valence-corrected chi connectivity index (χ0v) is 9.33. The molecule has 0 aliphatic carbocycles. The molecule has 0 aliphatic heterocycles. The van der Waals surface area contributed by atoms with Crippen molar-refractivity contribution in [1.82, 2.24) is 0 Å². The molecule has 0 bridgehead atoms. The fraction of sp³-hybridized carbons (Fsp3) is 0.900. The zero-order valence-electron chi connectivity index (χ0n) is 9.33. The molecule has 0 aromatic heterocycles. The van der Waals surface area contributed by atoms with Gasteiger partial charge in [-0.3, -0.25) is 0 Å². The summed E-state index contributed by atoms with van der Waals surface area (Å²) >= 11 is 0. The Balaban J connectivity index is 4.75. The van der Waals surface area contributed by atoms with Crippen LogP contribution in [0.25, 0.3) is 0 Å². The van der Waals surface area contributed by atoms with Crippen molar-refractivity contribution >= 4 is 5.97 Å². The molecule has 3 heteroatoms. The highest BCUT2D eigenvalue weighted by molar-refractivity contribution is 5.65. The van der Waals surface area contributed by atoms with Crippen LogP contribution in [-0.2, 0) is 4.79 Å². The van der Waals surface area contributed by atoms with Crippen LogP contribution in [0.15, 0.2) is 0 Å². The number of likely N-dealkylation sites (N-methyl/N-ethyl adjacent to an activating group) is 1. The average Bonchev–Trinajstić information content (AvgIpc) is 1.98. The first-order valence-electron chi connectivity index (χ1n) is 4.93. The largest absolute Gasteiger partial charge is 0.544 e. The molecule has 0 N–H and O–H groups in total. The van der Waals surface area contributed by atoms with Crippen LogP contribution in [0.3, 0.4) is 0 Å². The lowest BCUT2D eigenvalue weighted by atomic mass is 10.1. The summed E-state index contributed by atoms with van der Waals surface area (Å²) < 4.78 is 0.600. The van der Waals surface area contributed by atoms with Crippen LogP contribution in [0, 0.1) is 0 Å². The van der Waals surface area contributed by atoms with Gasteiger partial charge in [0.15, 0.2) is 0 Å². The van der Waals surface area contributed by atoms with Gasteiger partial charge in [0, 0.05) is 0 Å². The molecule has 0 unspecified atom stereocenters. The van der Waals surface area contributed by atoms with E-state index >= 15 is 0 Å². The van der Waals surface area contributed by atoms with Crippen molar-refractivity contribution in [2.75, 3.05) is 13.1 Å². The highest BCUT2D eigenvalue weighted by atomic mass is 16.4. The van der Waals surface area contributed by atoms with E-state index in [9.17, 15) is 9.90 Å². The Kier molecular flexibility index (Phi) is 4.40. The van der Waals surface area contributed by atoms with Crippen LogP contribution >= 0.6 is 0 Å². The summed E-state index contributed by atoms with van der Waals surface area (Å²) in [5.41, 5.74) is 0. The molecular formula is C10H21NO2. The number of rotatable bonds is 5. The molecule has 0 atom stereocenters. The van der Waals surface area contributed by atoms with Crippen LogP contribution in [0.1, 0.15) is 34.6 Å². The molecule has 0 rings (SSSR count). The van der Waals surface area contributed by atoms with Crippen molar-refractivity contribution in [2.24, 2.45) is 0 Å². The molecule has 0 saturated carbocycles. The van der Waals surface area contributed by atoms with Crippen LogP contribution in [-0.4, -0.2) is 35.6 Å². The molecule has 0 aromatic carbocycles. The molecule has 3 nitrogen and oxygen atoms in total. The Hall–Kier alpha value is -0.570. The Bertz CT molecular complexity index is 168. The van der Waals surface area contributed by atoms with Gasteiger partial charge in [0.25, 0.3) is 0 Å². The van der Waals surface area contributed by atoms with E-state index in [4.69, 9.17) is 0 Å². The number of aliphatic carboxylic acids is 1. The number of quaternary nitrogens is 1. The van der Waals surface area contributed by atoms with Gasteiger partial charge in [0.2, 0.25) is 0 Å². The van der Waals surface area contributed by atoms with Gasteiger partial charge in [0.05, 0.1) is 24.6 Å².